The van der Waals surface area contributed by atoms with Crippen molar-refractivity contribution in [2.75, 3.05) is 0 Å². The predicted molar refractivity (Wildman–Crippen MR) is 127 cm³/mol. The van der Waals surface area contributed by atoms with E-state index in [1.54, 1.807) is 39.8 Å². The van der Waals surface area contributed by atoms with Gasteiger partial charge in [-0.25, -0.2) is 4.79 Å². The smallest absolute Gasteiger partial charge is 0.326 e. The monoisotopic (exact) mass is 493 g/mol. The molecule has 0 bridgehead atoms. The number of primary amides is 1. The van der Waals surface area contributed by atoms with Crippen molar-refractivity contribution in [3.05, 3.63) is 29.8 Å². The molecule has 4 atom stereocenters. The molecule has 1 aromatic carbocycles. The van der Waals surface area contributed by atoms with E-state index in [4.69, 9.17) is 11.5 Å². The van der Waals surface area contributed by atoms with Gasteiger partial charge in [0.2, 0.25) is 23.6 Å². The van der Waals surface area contributed by atoms with E-state index in [-0.39, 0.29) is 18.1 Å². The quantitative estimate of drug-likeness (QED) is 0.180. The third-order valence-electron chi connectivity index (χ3n) is 5.30. The Morgan fingerprint density at radius 2 is 1.34 bits per heavy atom. The van der Waals surface area contributed by atoms with Crippen molar-refractivity contribution in [2.45, 2.75) is 64.7 Å². The second-order valence-electron chi connectivity index (χ2n) is 9.00. The van der Waals surface area contributed by atoms with Gasteiger partial charge in [0.25, 0.3) is 0 Å². The first-order chi connectivity index (χ1) is 16.2. The lowest BCUT2D eigenvalue weighted by atomic mass is 10.0. The minimum atomic E-state index is -1.47. The summed E-state index contributed by atoms with van der Waals surface area (Å²) < 4.78 is 0. The fourth-order valence-corrected chi connectivity index (χ4v) is 3.10. The van der Waals surface area contributed by atoms with Gasteiger partial charge in [-0.05, 0) is 29.5 Å². The molecule has 0 aromatic heterocycles. The van der Waals surface area contributed by atoms with Gasteiger partial charge < -0.3 is 37.6 Å². The number of aliphatic carboxylic acids is 1. The summed E-state index contributed by atoms with van der Waals surface area (Å²) in [7, 11) is 0. The molecule has 0 fully saturated rings. The molecule has 0 spiro atoms. The molecule has 1 rings (SSSR count). The van der Waals surface area contributed by atoms with Crippen LogP contribution in [-0.4, -0.2) is 64.0 Å². The predicted octanol–water partition coefficient (Wildman–Crippen LogP) is -1.01. The second kappa shape index (κ2) is 13.3. The minimum absolute atomic E-state index is 0.0111. The van der Waals surface area contributed by atoms with Crippen molar-refractivity contribution in [1.82, 2.24) is 16.0 Å². The summed E-state index contributed by atoms with van der Waals surface area (Å²) >= 11 is 0. The Bertz CT molecular complexity index is 917. The van der Waals surface area contributed by atoms with Crippen molar-refractivity contribution < 1.29 is 34.2 Å². The SMILES string of the molecule is CC(C)C(N)C(=O)NC(Cc1ccc(O)cc1)C(=O)NC(CC(N)=O)C(=O)NC(C(=O)O)C(C)C. The lowest BCUT2D eigenvalue weighted by Crippen LogP contribution is -2.59. The third-order valence-corrected chi connectivity index (χ3v) is 5.30. The van der Waals surface area contributed by atoms with Gasteiger partial charge in [0.1, 0.15) is 23.9 Å². The fraction of sp³-hybridized carbons (Fsp3) is 0.522. The summed E-state index contributed by atoms with van der Waals surface area (Å²) in [5.74, 6) is -5.17. The molecule has 0 aliphatic heterocycles. The highest BCUT2D eigenvalue weighted by Gasteiger charge is 2.32. The molecule has 35 heavy (non-hydrogen) atoms. The van der Waals surface area contributed by atoms with Gasteiger partial charge >= 0.3 is 5.97 Å². The first kappa shape index (κ1) is 29.4. The van der Waals surface area contributed by atoms with Gasteiger partial charge in [-0.2, -0.15) is 0 Å². The number of hydrogen-bond acceptors (Lipinski definition) is 7. The number of amides is 4. The Morgan fingerprint density at radius 3 is 1.80 bits per heavy atom. The molecule has 0 radical (unpaired) electrons. The van der Waals surface area contributed by atoms with E-state index in [9.17, 15) is 34.2 Å². The van der Waals surface area contributed by atoms with Crippen LogP contribution in [0.2, 0.25) is 0 Å². The zero-order chi connectivity index (χ0) is 26.9. The van der Waals surface area contributed by atoms with Crippen LogP contribution in [0.5, 0.6) is 5.75 Å². The molecule has 0 aliphatic carbocycles. The molecular weight excluding hydrogens is 458 g/mol. The van der Waals surface area contributed by atoms with E-state index >= 15 is 0 Å². The van der Waals surface area contributed by atoms with Crippen LogP contribution in [-0.2, 0) is 30.4 Å². The van der Waals surface area contributed by atoms with Crippen LogP contribution in [0.25, 0.3) is 0 Å². The van der Waals surface area contributed by atoms with E-state index in [1.807, 2.05) is 0 Å². The van der Waals surface area contributed by atoms with Crippen LogP contribution in [0.1, 0.15) is 39.7 Å². The van der Waals surface area contributed by atoms with Gasteiger partial charge in [-0.15, -0.1) is 0 Å². The number of nitrogens with two attached hydrogens (primary N) is 2. The summed E-state index contributed by atoms with van der Waals surface area (Å²) in [4.78, 5) is 61.4. The number of nitrogens with one attached hydrogen (secondary N) is 3. The molecule has 0 heterocycles. The molecular formula is C23H35N5O7. The summed E-state index contributed by atoms with van der Waals surface area (Å²) in [5.41, 5.74) is 11.7. The summed E-state index contributed by atoms with van der Waals surface area (Å²) in [6.45, 7) is 6.64. The van der Waals surface area contributed by atoms with Crippen molar-refractivity contribution in [3.63, 3.8) is 0 Å². The van der Waals surface area contributed by atoms with E-state index in [2.05, 4.69) is 16.0 Å². The summed E-state index contributed by atoms with van der Waals surface area (Å²) in [6.07, 6.45) is -0.606. The number of hydrogen-bond donors (Lipinski definition) is 7. The average Bonchev–Trinajstić information content (AvgIpc) is 2.76. The highest BCUT2D eigenvalue weighted by atomic mass is 16.4. The van der Waals surface area contributed by atoms with Gasteiger partial charge in [0, 0.05) is 6.42 Å². The Balaban J connectivity index is 3.16. The topological polar surface area (TPSA) is 214 Å². The van der Waals surface area contributed by atoms with Crippen LogP contribution < -0.4 is 27.4 Å². The van der Waals surface area contributed by atoms with Crippen molar-refractivity contribution >= 4 is 29.6 Å². The fourth-order valence-electron chi connectivity index (χ4n) is 3.10. The van der Waals surface area contributed by atoms with E-state index in [1.165, 1.54) is 12.1 Å². The Kier molecular flexibility index (Phi) is 11.1. The van der Waals surface area contributed by atoms with Crippen molar-refractivity contribution in [3.8, 4) is 5.75 Å². The molecule has 1 aromatic rings. The molecule has 4 amide bonds. The molecule has 12 heteroatoms. The first-order valence-corrected chi connectivity index (χ1v) is 11.2. The summed E-state index contributed by atoms with van der Waals surface area (Å²) in [6, 6.07) is 1.10. The molecule has 12 nitrogen and oxygen atoms in total. The highest BCUT2D eigenvalue weighted by molar-refractivity contribution is 5.96. The van der Waals surface area contributed by atoms with Crippen LogP contribution in [0.4, 0.5) is 0 Å². The average molecular weight is 494 g/mol. The molecule has 9 N–H and O–H groups in total. The van der Waals surface area contributed by atoms with Gasteiger partial charge in [0.05, 0.1) is 12.5 Å². The van der Waals surface area contributed by atoms with Gasteiger partial charge in [0.15, 0.2) is 0 Å². The zero-order valence-corrected chi connectivity index (χ0v) is 20.3. The lowest BCUT2D eigenvalue weighted by molar-refractivity contribution is -0.143. The number of phenols is 1. The van der Waals surface area contributed by atoms with Gasteiger partial charge in [-0.3, -0.25) is 19.2 Å². The normalized spacial score (nSPS) is 14.5. The van der Waals surface area contributed by atoms with E-state index in [0.717, 1.165) is 0 Å². The Hall–Kier alpha value is -3.67. The van der Waals surface area contributed by atoms with Gasteiger partial charge in [-0.1, -0.05) is 39.8 Å². The maximum Gasteiger partial charge on any atom is 0.326 e. The van der Waals surface area contributed by atoms with Crippen LogP contribution in [0.15, 0.2) is 24.3 Å². The van der Waals surface area contributed by atoms with Crippen LogP contribution in [0.3, 0.4) is 0 Å². The van der Waals surface area contributed by atoms with E-state index in [0.29, 0.717) is 5.56 Å². The largest absolute Gasteiger partial charge is 0.508 e. The second-order valence-corrected chi connectivity index (χ2v) is 9.00. The lowest BCUT2D eigenvalue weighted by Gasteiger charge is -2.26. The molecule has 0 saturated heterocycles. The Labute approximate surface area is 203 Å². The number of carbonyl (C=O) groups is 5. The standard InChI is InChI=1S/C23H35N5O7/c1-11(2)18(25)22(33)27-15(9-13-5-7-14(29)8-6-13)20(31)26-16(10-17(24)30)21(32)28-19(12(3)4)23(34)35/h5-8,11-12,15-16,18-19,29H,9-10,25H2,1-4H3,(H2,24,30)(H,26,31)(H,27,33)(H,28,32)(H,34,35). The molecule has 4 unspecified atom stereocenters. The molecule has 194 valence electrons. The number of carbonyl (C=O) groups excluding carboxylic acids is 4. The zero-order valence-electron chi connectivity index (χ0n) is 20.3. The Morgan fingerprint density at radius 1 is 0.829 bits per heavy atom. The number of benzene rings is 1. The molecule has 0 saturated carbocycles. The minimum Gasteiger partial charge on any atom is -0.508 e. The van der Waals surface area contributed by atoms with Crippen LogP contribution >= 0.6 is 0 Å². The maximum absolute atomic E-state index is 13.1. The van der Waals surface area contributed by atoms with Crippen LogP contribution in [0, 0.1) is 11.8 Å². The third kappa shape index (κ3) is 9.61. The summed E-state index contributed by atoms with van der Waals surface area (Å²) in [5, 5.41) is 26.1. The number of rotatable bonds is 13. The van der Waals surface area contributed by atoms with Crippen molar-refractivity contribution in [1.29, 1.82) is 0 Å². The number of carboxylic acid groups (broad SMARTS) is 1. The molecule has 0 aliphatic rings. The van der Waals surface area contributed by atoms with Crippen molar-refractivity contribution in [2.24, 2.45) is 23.3 Å². The van der Waals surface area contributed by atoms with E-state index < -0.39 is 66.1 Å². The number of aromatic hydroxyl groups is 1. The maximum atomic E-state index is 13.1. The highest BCUT2D eigenvalue weighted by Crippen LogP contribution is 2.12. The number of carboxylic acids is 1. The first-order valence-electron chi connectivity index (χ1n) is 11.2. The number of phenolic OH excluding ortho intramolecular Hbond substituents is 1.